The number of rotatable bonds is 4. The van der Waals surface area contributed by atoms with Crippen LogP contribution in [0.3, 0.4) is 0 Å². The van der Waals surface area contributed by atoms with E-state index in [1.54, 1.807) is 0 Å². The average molecular weight is 249 g/mol. The Labute approximate surface area is 107 Å². The fourth-order valence-corrected chi connectivity index (χ4v) is 2.33. The lowest BCUT2D eigenvalue weighted by molar-refractivity contribution is -0.139. The van der Waals surface area contributed by atoms with Crippen molar-refractivity contribution in [3.8, 4) is 0 Å². The number of aryl methyl sites for hydroxylation is 1. The Hall–Kier alpha value is -1.39. The molecule has 0 aromatic heterocycles. The molecule has 98 valence electrons. The number of morpholine rings is 1. The van der Waals surface area contributed by atoms with E-state index in [2.05, 4.69) is 4.90 Å². The fourth-order valence-electron chi connectivity index (χ4n) is 2.33. The zero-order valence-electron chi connectivity index (χ0n) is 10.6. The van der Waals surface area contributed by atoms with E-state index in [1.807, 2.05) is 31.2 Å². The number of carbonyl (C=O) groups is 1. The predicted molar refractivity (Wildman–Crippen MR) is 68.8 cm³/mol. The molecule has 1 atom stereocenters. The second kappa shape index (κ2) is 5.98. The van der Waals surface area contributed by atoms with Gasteiger partial charge < -0.3 is 9.84 Å². The fraction of sp³-hybridized carbons (Fsp3) is 0.500. The molecule has 1 saturated heterocycles. The molecule has 0 radical (unpaired) electrons. The molecule has 0 spiro atoms. The molecule has 2 rings (SSSR count). The van der Waals surface area contributed by atoms with Crippen LogP contribution in [0.15, 0.2) is 24.3 Å². The number of carboxylic acid groups (broad SMARTS) is 1. The number of aliphatic carboxylic acids is 1. The maximum atomic E-state index is 11.5. The van der Waals surface area contributed by atoms with Crippen LogP contribution >= 0.6 is 0 Å². The van der Waals surface area contributed by atoms with Gasteiger partial charge in [0, 0.05) is 19.6 Å². The Morgan fingerprint density at radius 2 is 2.06 bits per heavy atom. The molecule has 4 heteroatoms. The van der Waals surface area contributed by atoms with Crippen molar-refractivity contribution in [2.24, 2.45) is 0 Å². The van der Waals surface area contributed by atoms with Crippen molar-refractivity contribution in [1.82, 2.24) is 4.90 Å². The van der Waals surface area contributed by atoms with E-state index >= 15 is 0 Å². The van der Waals surface area contributed by atoms with Gasteiger partial charge in [0.25, 0.3) is 0 Å². The molecule has 1 N–H and O–H groups in total. The van der Waals surface area contributed by atoms with Crippen LogP contribution in [0.4, 0.5) is 0 Å². The first-order chi connectivity index (χ1) is 8.68. The SMILES string of the molecule is Cc1ccccc1C(CN1CCOCC1)C(=O)O. The molecule has 0 aliphatic carbocycles. The second-order valence-electron chi connectivity index (χ2n) is 4.66. The van der Waals surface area contributed by atoms with E-state index in [0.717, 1.165) is 24.2 Å². The summed E-state index contributed by atoms with van der Waals surface area (Å²) >= 11 is 0. The highest BCUT2D eigenvalue weighted by Gasteiger charge is 2.25. The smallest absolute Gasteiger partial charge is 0.312 e. The maximum absolute atomic E-state index is 11.5. The van der Waals surface area contributed by atoms with E-state index in [0.29, 0.717) is 19.8 Å². The number of hydrogen-bond donors (Lipinski definition) is 1. The summed E-state index contributed by atoms with van der Waals surface area (Å²) in [5, 5.41) is 9.42. The molecule has 0 bridgehead atoms. The summed E-state index contributed by atoms with van der Waals surface area (Å²) in [7, 11) is 0. The molecule has 1 aliphatic heterocycles. The highest BCUT2D eigenvalue weighted by Crippen LogP contribution is 2.21. The molecular formula is C14H19NO3. The zero-order chi connectivity index (χ0) is 13.0. The van der Waals surface area contributed by atoms with Crippen molar-refractivity contribution in [1.29, 1.82) is 0 Å². The minimum absolute atomic E-state index is 0.454. The van der Waals surface area contributed by atoms with Crippen molar-refractivity contribution in [3.05, 3.63) is 35.4 Å². The molecule has 4 nitrogen and oxygen atoms in total. The predicted octanol–water partition coefficient (Wildman–Crippen LogP) is 1.50. The third-order valence-electron chi connectivity index (χ3n) is 3.41. The minimum atomic E-state index is -0.754. The average Bonchev–Trinajstić information content (AvgIpc) is 2.38. The van der Waals surface area contributed by atoms with Gasteiger partial charge in [-0.1, -0.05) is 24.3 Å². The lowest BCUT2D eigenvalue weighted by Gasteiger charge is -2.29. The Bertz CT molecular complexity index is 413. The van der Waals surface area contributed by atoms with Gasteiger partial charge in [-0.3, -0.25) is 9.69 Å². The number of benzene rings is 1. The van der Waals surface area contributed by atoms with Crippen LogP contribution in [0, 0.1) is 6.92 Å². The zero-order valence-corrected chi connectivity index (χ0v) is 10.6. The molecule has 1 aliphatic rings. The van der Waals surface area contributed by atoms with Crippen molar-refractivity contribution in [2.45, 2.75) is 12.8 Å². The van der Waals surface area contributed by atoms with Crippen LogP contribution in [-0.2, 0) is 9.53 Å². The van der Waals surface area contributed by atoms with Gasteiger partial charge >= 0.3 is 5.97 Å². The largest absolute Gasteiger partial charge is 0.481 e. The molecule has 0 saturated carbocycles. The highest BCUT2D eigenvalue weighted by atomic mass is 16.5. The van der Waals surface area contributed by atoms with Gasteiger partial charge in [-0.15, -0.1) is 0 Å². The van der Waals surface area contributed by atoms with Crippen LogP contribution < -0.4 is 0 Å². The number of carboxylic acids is 1. The molecule has 1 aromatic carbocycles. The Morgan fingerprint density at radius 3 is 2.67 bits per heavy atom. The molecule has 18 heavy (non-hydrogen) atoms. The molecule has 1 fully saturated rings. The molecule has 1 unspecified atom stereocenters. The first-order valence-corrected chi connectivity index (χ1v) is 6.27. The van der Waals surface area contributed by atoms with Gasteiger partial charge in [-0.25, -0.2) is 0 Å². The topological polar surface area (TPSA) is 49.8 Å². The van der Waals surface area contributed by atoms with Crippen LogP contribution in [-0.4, -0.2) is 48.8 Å². The van der Waals surface area contributed by atoms with E-state index < -0.39 is 11.9 Å². The van der Waals surface area contributed by atoms with E-state index in [1.165, 1.54) is 0 Å². The summed E-state index contributed by atoms with van der Waals surface area (Å²) in [5.41, 5.74) is 1.95. The van der Waals surface area contributed by atoms with Crippen molar-refractivity contribution >= 4 is 5.97 Å². The summed E-state index contributed by atoms with van der Waals surface area (Å²) in [4.78, 5) is 13.6. The Balaban J connectivity index is 2.13. The lowest BCUT2D eigenvalue weighted by atomic mass is 9.94. The molecule has 1 heterocycles. The number of nitrogens with zero attached hydrogens (tertiary/aromatic N) is 1. The quantitative estimate of drug-likeness (QED) is 0.878. The normalized spacial score (nSPS) is 18.5. The third kappa shape index (κ3) is 3.09. The first-order valence-electron chi connectivity index (χ1n) is 6.27. The molecule has 0 amide bonds. The summed E-state index contributed by atoms with van der Waals surface area (Å²) < 4.78 is 5.28. The number of ether oxygens (including phenoxy) is 1. The highest BCUT2D eigenvalue weighted by molar-refractivity contribution is 5.77. The van der Waals surface area contributed by atoms with Crippen LogP contribution in [0.2, 0.25) is 0 Å². The van der Waals surface area contributed by atoms with Gasteiger partial charge in [0.2, 0.25) is 0 Å². The molecule has 1 aromatic rings. The Kier molecular flexibility index (Phi) is 4.33. The van der Waals surface area contributed by atoms with Crippen LogP contribution in [0.1, 0.15) is 17.0 Å². The molecular weight excluding hydrogens is 230 g/mol. The number of hydrogen-bond acceptors (Lipinski definition) is 3. The summed E-state index contributed by atoms with van der Waals surface area (Å²) in [6.45, 7) is 5.54. The summed E-state index contributed by atoms with van der Waals surface area (Å²) in [6.07, 6.45) is 0. The maximum Gasteiger partial charge on any atom is 0.312 e. The Morgan fingerprint density at radius 1 is 1.39 bits per heavy atom. The van der Waals surface area contributed by atoms with Gasteiger partial charge in [0.05, 0.1) is 19.1 Å². The van der Waals surface area contributed by atoms with Crippen molar-refractivity contribution in [2.75, 3.05) is 32.8 Å². The monoisotopic (exact) mass is 249 g/mol. The van der Waals surface area contributed by atoms with Gasteiger partial charge in [-0.05, 0) is 18.1 Å². The minimum Gasteiger partial charge on any atom is -0.481 e. The second-order valence-corrected chi connectivity index (χ2v) is 4.66. The van der Waals surface area contributed by atoms with E-state index in [9.17, 15) is 9.90 Å². The van der Waals surface area contributed by atoms with Crippen molar-refractivity contribution < 1.29 is 14.6 Å². The first kappa shape index (κ1) is 13.1. The van der Waals surface area contributed by atoms with Crippen LogP contribution in [0.25, 0.3) is 0 Å². The van der Waals surface area contributed by atoms with Crippen LogP contribution in [0.5, 0.6) is 0 Å². The standard InChI is InChI=1S/C14H19NO3/c1-11-4-2-3-5-12(11)13(14(16)17)10-15-6-8-18-9-7-15/h2-5,13H,6-10H2,1H3,(H,16,17). The van der Waals surface area contributed by atoms with Gasteiger partial charge in [0.1, 0.15) is 0 Å². The van der Waals surface area contributed by atoms with Gasteiger partial charge in [-0.2, -0.15) is 0 Å². The lowest BCUT2D eigenvalue weighted by Crippen LogP contribution is -2.40. The summed E-state index contributed by atoms with van der Waals surface area (Å²) in [5.74, 6) is -1.21. The summed E-state index contributed by atoms with van der Waals surface area (Å²) in [6, 6.07) is 7.71. The van der Waals surface area contributed by atoms with E-state index in [-0.39, 0.29) is 0 Å². The third-order valence-corrected chi connectivity index (χ3v) is 3.41. The van der Waals surface area contributed by atoms with Gasteiger partial charge in [0.15, 0.2) is 0 Å². The van der Waals surface area contributed by atoms with E-state index in [4.69, 9.17) is 4.74 Å². The van der Waals surface area contributed by atoms with Crippen molar-refractivity contribution in [3.63, 3.8) is 0 Å².